The molecular weight excluding hydrogens is 1070 g/mol. The van der Waals surface area contributed by atoms with E-state index in [-0.39, 0.29) is 42.9 Å². The number of nitrogens with one attached hydrogen (secondary N) is 2. The van der Waals surface area contributed by atoms with E-state index in [4.69, 9.17) is 44.0 Å². The Morgan fingerprint density at radius 1 is 0.800 bits per heavy atom. The van der Waals surface area contributed by atoms with Crippen molar-refractivity contribution in [1.29, 1.82) is 0 Å². The zero-order valence-corrected chi connectivity index (χ0v) is 47.0. The molecule has 0 aliphatic carbocycles. The lowest BCUT2D eigenvalue weighted by molar-refractivity contribution is -0.141. The number of fused-ring (bicyclic) bond motifs is 8. The molecule has 5 N–H and O–H groups in total. The van der Waals surface area contributed by atoms with Gasteiger partial charge in [0.2, 0.25) is 5.91 Å². The van der Waals surface area contributed by atoms with Gasteiger partial charge in [0.1, 0.15) is 25.9 Å². The number of carboxylic acids is 1. The van der Waals surface area contributed by atoms with Crippen LogP contribution in [0.15, 0.2) is 96.0 Å². The number of para-hydroxylation sites is 2. The van der Waals surface area contributed by atoms with Gasteiger partial charge in [0.05, 0.1) is 81.8 Å². The maximum Gasteiger partial charge on any atom is 0.327 e. The van der Waals surface area contributed by atoms with Crippen LogP contribution in [0.25, 0.3) is 0 Å². The van der Waals surface area contributed by atoms with Crippen molar-refractivity contribution in [2.45, 2.75) is 62.8 Å². The summed E-state index contributed by atoms with van der Waals surface area (Å²) in [6, 6.07) is 27.5. The number of nitrogens with zero attached hydrogens (tertiary/aromatic N) is 4. The Bertz CT molecular complexity index is 3090. The number of methoxy groups -OCH3 is 3. The first-order valence-electron chi connectivity index (χ1n) is 26.2. The normalized spacial score (nSPS) is 16.2. The van der Waals surface area contributed by atoms with Gasteiger partial charge in [-0.2, -0.15) is 0 Å². The molecule has 9 rings (SSSR count). The summed E-state index contributed by atoms with van der Waals surface area (Å²) in [6.45, 7) is 7.24. The summed E-state index contributed by atoms with van der Waals surface area (Å²) in [6.07, 6.45) is 3.21. The Morgan fingerprint density at radius 2 is 1.43 bits per heavy atom. The zero-order chi connectivity index (χ0) is 56.3. The van der Waals surface area contributed by atoms with Crippen molar-refractivity contribution in [2.24, 2.45) is 10.9 Å². The third kappa shape index (κ3) is 13.6. The highest BCUT2D eigenvalue weighted by Crippen LogP contribution is 2.44. The monoisotopic (exact) mass is 1130 g/mol. The molecule has 0 bridgehead atoms. The minimum atomic E-state index is -1.18. The number of ether oxygens (including phenoxy) is 7. The van der Waals surface area contributed by atoms with Crippen LogP contribution in [-0.2, 0) is 54.7 Å². The summed E-state index contributed by atoms with van der Waals surface area (Å²) in [5.41, 5.74) is 8.33. The first-order valence-corrected chi connectivity index (χ1v) is 28.6. The molecule has 5 aromatic rings. The summed E-state index contributed by atoms with van der Waals surface area (Å²) in [5.74, 6) is 4.59. The summed E-state index contributed by atoms with van der Waals surface area (Å²) < 4.78 is 41.4. The van der Waals surface area contributed by atoms with E-state index in [1.54, 1.807) is 37.3 Å². The SMILES string of the molecule is COCCOCCOCCN(CC(C)(C)SSCC(NC(=O)CON)C(=O)O)c1cc(COc2cc3c(cc2OC)C(=O)N2c4ccccc4C[C@H]2C=N3)cc(COc2cc3c(cc2OC)C(=O)N2c4ccccc4C[C@H]2CN3)c1. The van der Waals surface area contributed by atoms with E-state index >= 15 is 0 Å². The minimum absolute atomic E-state index is 0.0567. The predicted molar refractivity (Wildman–Crippen MR) is 309 cm³/mol. The number of carbonyl (C=O) groups is 4. The molecule has 0 spiro atoms. The Kier molecular flexibility index (Phi) is 19.1. The molecule has 0 radical (unpaired) electrons. The molecule has 4 heterocycles. The molecular formula is C58H67N7O13S2. The average molecular weight is 1130 g/mol. The molecule has 5 aromatic carbocycles. The fraction of sp³-hybridized carbons (Fsp3) is 0.397. The summed E-state index contributed by atoms with van der Waals surface area (Å²) >= 11 is 0. The highest BCUT2D eigenvalue weighted by atomic mass is 33.1. The van der Waals surface area contributed by atoms with Crippen molar-refractivity contribution in [3.63, 3.8) is 0 Å². The van der Waals surface area contributed by atoms with Crippen LogP contribution < -0.4 is 50.2 Å². The average Bonchev–Trinajstić information content (AvgIpc) is 4.04. The highest BCUT2D eigenvalue weighted by molar-refractivity contribution is 8.77. The first-order chi connectivity index (χ1) is 38.8. The Hall–Kier alpha value is -7.05. The lowest BCUT2D eigenvalue weighted by Crippen LogP contribution is -2.44. The lowest BCUT2D eigenvalue weighted by atomic mass is 10.1. The van der Waals surface area contributed by atoms with Crippen molar-refractivity contribution < 1.29 is 62.3 Å². The summed E-state index contributed by atoms with van der Waals surface area (Å²) in [7, 11) is 7.51. The predicted octanol–water partition coefficient (Wildman–Crippen LogP) is 7.25. The largest absolute Gasteiger partial charge is 0.493 e. The van der Waals surface area contributed by atoms with E-state index < -0.39 is 29.3 Å². The molecule has 0 aromatic heterocycles. The molecule has 424 valence electrons. The Morgan fingerprint density at radius 3 is 2.10 bits per heavy atom. The van der Waals surface area contributed by atoms with Crippen molar-refractivity contribution in [1.82, 2.24) is 5.32 Å². The summed E-state index contributed by atoms with van der Waals surface area (Å²) in [4.78, 5) is 67.9. The fourth-order valence-corrected chi connectivity index (χ4v) is 12.9. The van der Waals surface area contributed by atoms with Crippen LogP contribution in [0, 0.1) is 0 Å². The second-order valence-corrected chi connectivity index (χ2v) is 23.1. The number of hydrogen-bond donors (Lipinski definition) is 4. The quantitative estimate of drug-likeness (QED) is 0.0219. The van der Waals surface area contributed by atoms with E-state index in [1.165, 1.54) is 28.7 Å². The number of amides is 3. The molecule has 80 heavy (non-hydrogen) atoms. The van der Waals surface area contributed by atoms with Gasteiger partial charge in [-0.25, -0.2) is 10.7 Å². The molecule has 1 unspecified atom stereocenters. The third-order valence-corrected chi connectivity index (χ3v) is 17.2. The second kappa shape index (κ2) is 26.5. The number of nitrogens with two attached hydrogens (primary N) is 1. The van der Waals surface area contributed by atoms with E-state index in [0.29, 0.717) is 105 Å². The number of anilines is 4. The zero-order valence-electron chi connectivity index (χ0n) is 45.4. The molecule has 20 nitrogen and oxygen atoms in total. The molecule has 3 amide bonds. The second-order valence-electron chi connectivity index (χ2n) is 20.1. The van der Waals surface area contributed by atoms with Crippen LogP contribution in [-0.4, -0.2) is 144 Å². The standard InChI is InChI=1S/C58H67N7O13S2/c1-58(2,80-79-34-47(57(69)70)62-54(66)33-78-59)35-63(14-15-74-18-19-75-17-16-71-3)40-21-36(31-76-52-27-45-43(25-50(52)72-4)55(67)64-41(29-60-45)23-38-10-6-8-12-48(38)64)20-37(22-40)32-77-53-28-46-44(26-51(53)73-5)56(68)65-42(30-61-46)24-39-11-7-9-13-49(39)65/h6-13,20-22,25-29,41-42,47,61H,14-19,23-24,30-35,59H2,1-5H3,(H,62,66)(H,69,70)/t41-,42-,47?/m0/s1. The summed E-state index contributed by atoms with van der Waals surface area (Å²) in [5, 5.41) is 15.9. The van der Waals surface area contributed by atoms with Gasteiger partial charge in [-0.3, -0.25) is 29.1 Å². The third-order valence-electron chi connectivity index (χ3n) is 13.9. The van der Waals surface area contributed by atoms with Gasteiger partial charge in [0.25, 0.3) is 11.8 Å². The number of aliphatic imine (C=N–C) groups is 1. The number of hydrogen-bond acceptors (Lipinski definition) is 18. The topological polar surface area (TPSA) is 235 Å². The number of carbonyl (C=O) groups excluding carboxylic acids is 3. The number of carboxylic acid groups (broad SMARTS) is 1. The maximum atomic E-state index is 14.3. The van der Waals surface area contributed by atoms with Gasteiger partial charge < -0.3 is 58.7 Å². The molecule has 4 aliphatic rings. The van der Waals surface area contributed by atoms with Crippen LogP contribution in [0.3, 0.4) is 0 Å². The lowest BCUT2D eigenvalue weighted by Gasteiger charge is -2.34. The van der Waals surface area contributed by atoms with Crippen molar-refractivity contribution in [3.05, 3.63) is 124 Å². The molecule has 22 heteroatoms. The van der Waals surface area contributed by atoms with Gasteiger partial charge in [-0.05, 0) is 85.0 Å². The van der Waals surface area contributed by atoms with Crippen LogP contribution in [0.4, 0.5) is 28.4 Å². The van der Waals surface area contributed by atoms with E-state index in [0.717, 1.165) is 45.7 Å². The Balaban J connectivity index is 1.01. The fourth-order valence-electron chi connectivity index (χ4n) is 10.2. The Labute approximate surface area is 472 Å². The number of rotatable bonds is 28. The van der Waals surface area contributed by atoms with Crippen molar-refractivity contribution in [2.75, 3.05) is 106 Å². The van der Waals surface area contributed by atoms with E-state index in [2.05, 4.69) is 40.3 Å². The molecule has 0 saturated heterocycles. The van der Waals surface area contributed by atoms with Gasteiger partial charge in [0.15, 0.2) is 23.0 Å². The molecule has 4 aliphatic heterocycles. The number of benzene rings is 5. The maximum absolute atomic E-state index is 14.3. The minimum Gasteiger partial charge on any atom is -0.493 e. The van der Waals surface area contributed by atoms with Crippen LogP contribution >= 0.6 is 21.6 Å². The van der Waals surface area contributed by atoms with Gasteiger partial charge in [0, 0.05) is 79.1 Å². The number of aliphatic carboxylic acids is 1. The van der Waals surface area contributed by atoms with E-state index in [9.17, 15) is 24.3 Å². The van der Waals surface area contributed by atoms with Crippen LogP contribution in [0.2, 0.25) is 0 Å². The van der Waals surface area contributed by atoms with Gasteiger partial charge >= 0.3 is 5.97 Å². The molecule has 0 saturated carbocycles. The van der Waals surface area contributed by atoms with Crippen molar-refractivity contribution in [3.8, 4) is 23.0 Å². The van der Waals surface area contributed by atoms with Gasteiger partial charge in [-0.15, -0.1) is 0 Å². The van der Waals surface area contributed by atoms with Crippen molar-refractivity contribution >= 4 is 79.9 Å². The molecule has 3 atom stereocenters. The van der Waals surface area contributed by atoms with E-state index in [1.807, 2.05) is 77.8 Å². The van der Waals surface area contributed by atoms with Crippen LogP contribution in [0.1, 0.15) is 56.8 Å². The highest BCUT2D eigenvalue weighted by Gasteiger charge is 2.39. The van der Waals surface area contributed by atoms with Crippen LogP contribution in [0.5, 0.6) is 23.0 Å². The first kappa shape index (κ1) is 57.6. The smallest absolute Gasteiger partial charge is 0.327 e. The molecule has 0 fully saturated rings. The van der Waals surface area contributed by atoms with Gasteiger partial charge in [-0.1, -0.05) is 58.0 Å².